The summed E-state index contributed by atoms with van der Waals surface area (Å²) in [7, 11) is -3.48. The number of nitrogens with one attached hydrogen (secondary N) is 1. The third-order valence-electron chi connectivity index (χ3n) is 4.23. The molecule has 4 rings (SSSR count). The minimum absolute atomic E-state index is 0.117. The van der Waals surface area contributed by atoms with Gasteiger partial charge in [0.25, 0.3) is 0 Å². The van der Waals surface area contributed by atoms with Gasteiger partial charge < -0.3 is 5.32 Å². The zero-order valence-electron chi connectivity index (χ0n) is 14.3. The average Bonchev–Trinajstić information content (AvgIpc) is 3.10. The van der Waals surface area contributed by atoms with Crippen molar-refractivity contribution in [2.75, 3.05) is 11.1 Å². The van der Waals surface area contributed by atoms with Gasteiger partial charge in [-0.15, -0.1) is 0 Å². The second kappa shape index (κ2) is 7.09. The third kappa shape index (κ3) is 3.70. The van der Waals surface area contributed by atoms with E-state index in [1.54, 1.807) is 18.2 Å². The molecule has 7 heteroatoms. The summed E-state index contributed by atoms with van der Waals surface area (Å²) in [6, 6.07) is 20.1. The Hall–Kier alpha value is -2.77. The van der Waals surface area contributed by atoms with E-state index < -0.39 is 9.84 Å². The number of benzene rings is 3. The van der Waals surface area contributed by atoms with E-state index in [1.807, 2.05) is 36.4 Å². The minimum Gasteiger partial charge on any atom is -0.302 e. The number of hydrogen-bond donors (Lipinski definition) is 1. The molecule has 0 bridgehead atoms. The lowest BCUT2D eigenvalue weighted by molar-refractivity contribution is -0.115. The number of amides is 1. The van der Waals surface area contributed by atoms with Gasteiger partial charge in [0.2, 0.25) is 5.91 Å². The molecule has 0 radical (unpaired) electrons. The SMILES string of the molecule is O=C(CCS(=O)(=O)c1ccccc1)Nc1nc2ccc3ccccc3c2s1. The molecule has 3 aromatic carbocycles. The first-order valence-electron chi connectivity index (χ1n) is 8.39. The van der Waals surface area contributed by atoms with Crippen molar-refractivity contribution in [1.29, 1.82) is 0 Å². The van der Waals surface area contributed by atoms with Crippen LogP contribution >= 0.6 is 11.3 Å². The molecule has 0 aliphatic carbocycles. The number of fused-ring (bicyclic) bond motifs is 3. The molecule has 0 atom stereocenters. The van der Waals surface area contributed by atoms with Gasteiger partial charge in [-0.05, 0) is 23.6 Å². The highest BCUT2D eigenvalue weighted by Gasteiger charge is 2.17. The molecule has 136 valence electrons. The van der Waals surface area contributed by atoms with Crippen LogP contribution in [0.1, 0.15) is 6.42 Å². The van der Waals surface area contributed by atoms with Crippen molar-refractivity contribution in [3.63, 3.8) is 0 Å². The van der Waals surface area contributed by atoms with Crippen LogP contribution in [0.5, 0.6) is 0 Å². The van der Waals surface area contributed by atoms with E-state index in [4.69, 9.17) is 0 Å². The first-order valence-corrected chi connectivity index (χ1v) is 10.9. The maximum atomic E-state index is 12.3. The molecule has 5 nitrogen and oxygen atoms in total. The summed E-state index contributed by atoms with van der Waals surface area (Å²) < 4.78 is 25.6. The molecule has 0 saturated carbocycles. The summed E-state index contributed by atoms with van der Waals surface area (Å²) in [4.78, 5) is 16.9. The number of aromatic nitrogens is 1. The summed E-state index contributed by atoms with van der Waals surface area (Å²) in [6.45, 7) is 0. The van der Waals surface area contributed by atoms with Crippen molar-refractivity contribution in [3.05, 3.63) is 66.7 Å². The van der Waals surface area contributed by atoms with Crippen LogP contribution in [-0.2, 0) is 14.6 Å². The van der Waals surface area contributed by atoms with Crippen LogP contribution in [0, 0.1) is 0 Å². The Kier molecular flexibility index (Phi) is 4.63. The van der Waals surface area contributed by atoms with Gasteiger partial charge >= 0.3 is 0 Å². The first-order chi connectivity index (χ1) is 13.0. The van der Waals surface area contributed by atoms with Crippen molar-refractivity contribution < 1.29 is 13.2 Å². The average molecular weight is 396 g/mol. The largest absolute Gasteiger partial charge is 0.302 e. The highest BCUT2D eigenvalue weighted by Crippen LogP contribution is 2.32. The Bertz CT molecular complexity index is 1230. The zero-order valence-corrected chi connectivity index (χ0v) is 15.9. The molecule has 1 amide bonds. The van der Waals surface area contributed by atoms with E-state index in [9.17, 15) is 13.2 Å². The van der Waals surface area contributed by atoms with Crippen molar-refractivity contribution in [2.45, 2.75) is 11.3 Å². The van der Waals surface area contributed by atoms with Crippen LogP contribution in [0.2, 0.25) is 0 Å². The van der Waals surface area contributed by atoms with Gasteiger partial charge in [0.1, 0.15) is 0 Å². The van der Waals surface area contributed by atoms with Gasteiger partial charge in [-0.3, -0.25) is 4.79 Å². The second-order valence-electron chi connectivity index (χ2n) is 6.08. The highest BCUT2D eigenvalue weighted by atomic mass is 32.2. The lowest BCUT2D eigenvalue weighted by Crippen LogP contribution is -2.17. The molecule has 0 aliphatic heterocycles. The normalized spacial score (nSPS) is 11.7. The highest BCUT2D eigenvalue weighted by molar-refractivity contribution is 7.91. The van der Waals surface area contributed by atoms with Crippen LogP contribution in [0.25, 0.3) is 21.0 Å². The molecule has 0 aliphatic rings. The molecule has 1 N–H and O–H groups in total. The molecule has 0 unspecified atom stereocenters. The smallest absolute Gasteiger partial charge is 0.227 e. The number of carbonyl (C=O) groups is 1. The topological polar surface area (TPSA) is 76.1 Å². The molecule has 27 heavy (non-hydrogen) atoms. The fraction of sp³-hybridized carbons (Fsp3) is 0.100. The third-order valence-corrected chi connectivity index (χ3v) is 6.98. The fourth-order valence-electron chi connectivity index (χ4n) is 2.86. The van der Waals surface area contributed by atoms with Gasteiger partial charge in [-0.1, -0.05) is 59.9 Å². The number of anilines is 1. The molecular formula is C20H16N2O3S2. The minimum atomic E-state index is -3.48. The molecule has 1 aromatic heterocycles. The van der Waals surface area contributed by atoms with E-state index in [1.165, 1.54) is 23.5 Å². The molecular weight excluding hydrogens is 380 g/mol. The van der Waals surface area contributed by atoms with E-state index in [0.717, 1.165) is 21.0 Å². The van der Waals surface area contributed by atoms with E-state index in [0.29, 0.717) is 5.13 Å². The Labute approximate surface area is 160 Å². The molecule has 0 fully saturated rings. The van der Waals surface area contributed by atoms with Crippen LogP contribution in [0.4, 0.5) is 5.13 Å². The fourth-order valence-corrected chi connectivity index (χ4v) is 5.14. The first kappa shape index (κ1) is 17.6. The predicted molar refractivity (Wildman–Crippen MR) is 109 cm³/mol. The number of nitrogens with zero attached hydrogens (tertiary/aromatic N) is 1. The lowest BCUT2D eigenvalue weighted by atomic mass is 10.1. The Morgan fingerprint density at radius 3 is 2.52 bits per heavy atom. The maximum Gasteiger partial charge on any atom is 0.227 e. The van der Waals surface area contributed by atoms with Crippen LogP contribution < -0.4 is 5.32 Å². The van der Waals surface area contributed by atoms with Crippen molar-refractivity contribution in [2.24, 2.45) is 0 Å². The van der Waals surface area contributed by atoms with Gasteiger partial charge in [0, 0.05) is 11.8 Å². The summed E-state index contributed by atoms with van der Waals surface area (Å²) in [5, 5.41) is 5.39. The Morgan fingerprint density at radius 2 is 1.70 bits per heavy atom. The molecule has 0 spiro atoms. The quantitative estimate of drug-likeness (QED) is 0.547. The lowest BCUT2D eigenvalue weighted by Gasteiger charge is -2.04. The van der Waals surface area contributed by atoms with Crippen molar-refractivity contribution in [3.8, 4) is 0 Å². The van der Waals surface area contributed by atoms with Crippen molar-refractivity contribution in [1.82, 2.24) is 4.98 Å². The van der Waals surface area contributed by atoms with Gasteiger partial charge in [-0.2, -0.15) is 0 Å². The monoisotopic (exact) mass is 396 g/mol. The summed E-state index contributed by atoms with van der Waals surface area (Å²) >= 11 is 1.39. The van der Waals surface area contributed by atoms with Crippen LogP contribution in [0.15, 0.2) is 71.6 Å². The van der Waals surface area contributed by atoms with Gasteiger partial charge in [0.15, 0.2) is 15.0 Å². The second-order valence-corrected chi connectivity index (χ2v) is 9.19. The Balaban J connectivity index is 1.49. The number of sulfone groups is 1. The standard InChI is InChI=1S/C20H16N2O3S2/c23-18(12-13-27(24,25)15-7-2-1-3-8-15)22-20-21-17-11-10-14-6-4-5-9-16(14)19(17)26-20/h1-11H,12-13H2,(H,21,22,23). The van der Waals surface area contributed by atoms with E-state index in [2.05, 4.69) is 10.3 Å². The molecule has 0 saturated heterocycles. The summed E-state index contributed by atoms with van der Waals surface area (Å²) in [6.07, 6.45) is -0.117. The number of thiazole rings is 1. The number of hydrogen-bond acceptors (Lipinski definition) is 5. The van der Waals surface area contributed by atoms with Gasteiger partial charge in [0.05, 0.1) is 20.9 Å². The molecule has 4 aromatic rings. The summed E-state index contributed by atoms with van der Waals surface area (Å²) in [5.74, 6) is -0.602. The van der Waals surface area contributed by atoms with Crippen LogP contribution in [0.3, 0.4) is 0 Å². The number of rotatable bonds is 5. The number of carbonyl (C=O) groups excluding carboxylic acids is 1. The van der Waals surface area contributed by atoms with E-state index >= 15 is 0 Å². The zero-order chi connectivity index (χ0) is 18.9. The van der Waals surface area contributed by atoms with E-state index in [-0.39, 0.29) is 23.0 Å². The Morgan fingerprint density at radius 1 is 0.963 bits per heavy atom. The maximum absolute atomic E-state index is 12.3. The summed E-state index contributed by atoms with van der Waals surface area (Å²) in [5.41, 5.74) is 0.811. The van der Waals surface area contributed by atoms with Crippen LogP contribution in [-0.4, -0.2) is 25.1 Å². The predicted octanol–water partition coefficient (Wildman–Crippen LogP) is 4.25. The molecule has 1 heterocycles. The van der Waals surface area contributed by atoms with Crippen molar-refractivity contribution >= 4 is 53.2 Å². The van der Waals surface area contributed by atoms with Gasteiger partial charge in [-0.25, -0.2) is 13.4 Å².